The van der Waals surface area contributed by atoms with Gasteiger partial charge >= 0.3 is 6.61 Å². The van der Waals surface area contributed by atoms with Gasteiger partial charge in [-0.15, -0.1) is 0 Å². The lowest BCUT2D eigenvalue weighted by Gasteiger charge is -2.14. The van der Waals surface area contributed by atoms with Gasteiger partial charge in [0.1, 0.15) is 0 Å². The number of hydrogen-bond acceptors (Lipinski definition) is 3. The summed E-state index contributed by atoms with van der Waals surface area (Å²) >= 11 is 11.5. The minimum atomic E-state index is -3.03. The number of anilines is 1. The Morgan fingerprint density at radius 2 is 1.84 bits per heavy atom. The Morgan fingerprint density at radius 3 is 2.26 bits per heavy atom. The maximum atomic E-state index is 12.1. The van der Waals surface area contributed by atoms with Crippen LogP contribution in [0.25, 0.3) is 0 Å². The smallest absolute Gasteiger partial charge is 0.387 e. The van der Waals surface area contributed by atoms with Crippen LogP contribution < -0.4 is 15.4 Å². The molecular formula is C11H12Cl2F2N2O2. The third-order valence-electron chi connectivity index (χ3n) is 2.30. The minimum absolute atomic E-state index is 0.111. The first kappa shape index (κ1) is 15.9. The molecule has 0 aliphatic rings. The zero-order valence-electron chi connectivity index (χ0n) is 10.1. The second-order valence-corrected chi connectivity index (χ2v) is 4.46. The zero-order chi connectivity index (χ0) is 14.6. The largest absolute Gasteiger partial charge is 0.432 e. The molecule has 0 aromatic heterocycles. The van der Waals surface area contributed by atoms with Gasteiger partial charge in [-0.3, -0.25) is 4.79 Å². The Hall–Kier alpha value is -1.11. The first-order chi connectivity index (χ1) is 8.85. The van der Waals surface area contributed by atoms with E-state index in [9.17, 15) is 13.6 Å². The summed E-state index contributed by atoms with van der Waals surface area (Å²) < 4.78 is 28.4. The second kappa shape index (κ2) is 6.88. The number of amides is 1. The average Bonchev–Trinajstić information content (AvgIpc) is 2.32. The van der Waals surface area contributed by atoms with Crippen LogP contribution in [0, 0.1) is 0 Å². The molecule has 0 bridgehead atoms. The molecule has 0 radical (unpaired) electrons. The summed E-state index contributed by atoms with van der Waals surface area (Å²) in [6, 6.07) is 2.14. The van der Waals surface area contributed by atoms with E-state index in [4.69, 9.17) is 23.2 Å². The molecule has 0 fully saturated rings. The molecule has 1 rings (SSSR count). The Kier molecular flexibility index (Phi) is 5.78. The Labute approximate surface area is 119 Å². The number of carbonyl (C=O) groups excluding carboxylic acids is 1. The van der Waals surface area contributed by atoms with E-state index in [2.05, 4.69) is 15.4 Å². The van der Waals surface area contributed by atoms with Crippen molar-refractivity contribution in [2.24, 2.45) is 0 Å². The maximum Gasteiger partial charge on any atom is 0.387 e. The molecule has 0 heterocycles. The first-order valence-corrected chi connectivity index (χ1v) is 6.02. The van der Waals surface area contributed by atoms with Crippen LogP contribution in [0.4, 0.5) is 14.5 Å². The van der Waals surface area contributed by atoms with Crippen molar-refractivity contribution in [3.63, 3.8) is 0 Å². The van der Waals surface area contributed by atoms with E-state index in [0.717, 1.165) is 0 Å². The molecule has 1 atom stereocenters. The Morgan fingerprint density at radius 1 is 1.32 bits per heavy atom. The predicted molar refractivity (Wildman–Crippen MR) is 70.2 cm³/mol. The molecule has 2 N–H and O–H groups in total. The standard InChI is InChI=1S/C11H12Cl2F2N2O2/c1-5(16-2)10(18)17-6-3-7(12)9(8(13)4-6)19-11(14)15/h3-5,11,16H,1-2H3,(H,17,18). The molecule has 1 aromatic rings. The summed E-state index contributed by atoms with van der Waals surface area (Å²) in [5, 5.41) is 5.07. The summed E-state index contributed by atoms with van der Waals surface area (Å²) in [7, 11) is 1.63. The van der Waals surface area contributed by atoms with Crippen molar-refractivity contribution >= 4 is 34.8 Å². The molecule has 0 spiro atoms. The van der Waals surface area contributed by atoms with Crippen LogP contribution in [0.5, 0.6) is 5.75 Å². The van der Waals surface area contributed by atoms with Crippen LogP contribution in [0.1, 0.15) is 6.92 Å². The minimum Gasteiger partial charge on any atom is -0.432 e. The number of carbonyl (C=O) groups is 1. The van der Waals surface area contributed by atoms with Crippen LogP contribution >= 0.6 is 23.2 Å². The summed E-state index contributed by atoms with van der Waals surface area (Å²) in [6.07, 6.45) is 0. The number of benzene rings is 1. The lowest BCUT2D eigenvalue weighted by atomic mass is 10.2. The van der Waals surface area contributed by atoms with E-state index in [1.807, 2.05) is 0 Å². The summed E-state index contributed by atoms with van der Waals surface area (Å²) in [5.74, 6) is -0.629. The van der Waals surface area contributed by atoms with Crippen LogP contribution in [-0.4, -0.2) is 25.6 Å². The van der Waals surface area contributed by atoms with Crippen molar-refractivity contribution in [1.29, 1.82) is 0 Å². The second-order valence-electron chi connectivity index (χ2n) is 3.65. The lowest BCUT2D eigenvalue weighted by Crippen LogP contribution is -2.35. The zero-order valence-corrected chi connectivity index (χ0v) is 11.6. The quantitative estimate of drug-likeness (QED) is 0.878. The molecule has 0 aliphatic heterocycles. The Balaban J connectivity index is 2.92. The average molecular weight is 313 g/mol. The molecule has 0 saturated carbocycles. The van der Waals surface area contributed by atoms with Crippen LogP contribution in [0.3, 0.4) is 0 Å². The van der Waals surface area contributed by atoms with Gasteiger partial charge < -0.3 is 15.4 Å². The third kappa shape index (κ3) is 4.49. The summed E-state index contributed by atoms with van der Waals surface area (Å²) in [6.45, 7) is -1.37. The van der Waals surface area contributed by atoms with Gasteiger partial charge in [0, 0.05) is 5.69 Å². The fraction of sp³-hybridized carbons (Fsp3) is 0.364. The van der Waals surface area contributed by atoms with Crippen molar-refractivity contribution in [1.82, 2.24) is 5.32 Å². The molecule has 1 aromatic carbocycles. The van der Waals surface area contributed by atoms with Gasteiger partial charge in [0.15, 0.2) is 5.75 Å². The maximum absolute atomic E-state index is 12.1. The highest BCUT2D eigenvalue weighted by atomic mass is 35.5. The van der Waals surface area contributed by atoms with E-state index in [1.165, 1.54) is 12.1 Å². The van der Waals surface area contributed by atoms with Crippen molar-refractivity contribution < 1.29 is 18.3 Å². The number of hydrogen-bond donors (Lipinski definition) is 2. The summed E-state index contributed by atoms with van der Waals surface area (Å²) in [4.78, 5) is 11.6. The van der Waals surface area contributed by atoms with Crippen molar-refractivity contribution in [2.45, 2.75) is 19.6 Å². The summed E-state index contributed by atoms with van der Waals surface area (Å²) in [5.41, 5.74) is 0.295. The number of alkyl halides is 2. The highest BCUT2D eigenvalue weighted by Gasteiger charge is 2.16. The fourth-order valence-corrected chi connectivity index (χ4v) is 1.79. The van der Waals surface area contributed by atoms with E-state index in [0.29, 0.717) is 5.69 Å². The highest BCUT2D eigenvalue weighted by molar-refractivity contribution is 6.37. The number of halogens is 4. The SMILES string of the molecule is CNC(C)C(=O)Nc1cc(Cl)c(OC(F)F)c(Cl)c1. The van der Waals surface area contributed by atoms with Crippen LogP contribution in [-0.2, 0) is 4.79 Å². The molecule has 4 nitrogen and oxygen atoms in total. The normalized spacial score (nSPS) is 12.4. The molecular weight excluding hydrogens is 301 g/mol. The number of ether oxygens (including phenoxy) is 1. The topological polar surface area (TPSA) is 50.4 Å². The van der Waals surface area contributed by atoms with Gasteiger partial charge in [-0.05, 0) is 26.1 Å². The number of rotatable bonds is 5. The van der Waals surface area contributed by atoms with Gasteiger partial charge in [0.05, 0.1) is 16.1 Å². The van der Waals surface area contributed by atoms with Gasteiger partial charge in [-0.1, -0.05) is 23.2 Å². The van der Waals surface area contributed by atoms with Gasteiger partial charge in [0.2, 0.25) is 5.91 Å². The van der Waals surface area contributed by atoms with Crippen LogP contribution in [0.2, 0.25) is 10.0 Å². The van der Waals surface area contributed by atoms with E-state index >= 15 is 0 Å². The third-order valence-corrected chi connectivity index (χ3v) is 2.86. The van der Waals surface area contributed by atoms with Gasteiger partial charge in [-0.25, -0.2) is 0 Å². The molecule has 106 valence electrons. The first-order valence-electron chi connectivity index (χ1n) is 5.27. The highest BCUT2D eigenvalue weighted by Crippen LogP contribution is 2.36. The van der Waals surface area contributed by atoms with Crippen molar-refractivity contribution in [3.05, 3.63) is 22.2 Å². The molecule has 0 aliphatic carbocycles. The fourth-order valence-electron chi connectivity index (χ4n) is 1.22. The van der Waals surface area contributed by atoms with Crippen molar-refractivity contribution in [2.75, 3.05) is 12.4 Å². The van der Waals surface area contributed by atoms with Crippen LogP contribution in [0.15, 0.2) is 12.1 Å². The van der Waals surface area contributed by atoms with Crippen molar-refractivity contribution in [3.8, 4) is 5.75 Å². The molecule has 8 heteroatoms. The number of likely N-dealkylation sites (N-methyl/N-ethyl adjacent to an activating group) is 1. The molecule has 19 heavy (non-hydrogen) atoms. The number of nitrogens with one attached hydrogen (secondary N) is 2. The monoisotopic (exact) mass is 312 g/mol. The van der Waals surface area contributed by atoms with Gasteiger partial charge in [0.25, 0.3) is 0 Å². The van der Waals surface area contributed by atoms with E-state index in [-0.39, 0.29) is 21.7 Å². The predicted octanol–water partition coefficient (Wildman–Crippen LogP) is 3.14. The molecule has 1 unspecified atom stereocenters. The lowest BCUT2D eigenvalue weighted by molar-refractivity contribution is -0.117. The molecule has 0 saturated heterocycles. The Bertz CT molecular complexity index is 449. The molecule has 1 amide bonds. The van der Waals surface area contributed by atoms with Gasteiger partial charge in [-0.2, -0.15) is 8.78 Å². The van der Waals surface area contributed by atoms with E-state index < -0.39 is 12.7 Å². The van der Waals surface area contributed by atoms with E-state index in [1.54, 1.807) is 14.0 Å².